The minimum atomic E-state index is -1.07. The first-order valence-corrected chi connectivity index (χ1v) is 19.5. The Hall–Kier alpha value is -5.12. The zero-order chi connectivity index (χ0) is 40.3. The number of rotatable bonds is 27. The minimum Gasteiger partial charge on any atom is -0.507 e. The Bertz CT molecular complexity index is 1610. The summed E-state index contributed by atoms with van der Waals surface area (Å²) in [5, 5.41) is 25.9. The van der Waals surface area contributed by atoms with Crippen molar-refractivity contribution >= 4 is 23.8 Å². The van der Waals surface area contributed by atoms with Gasteiger partial charge in [-0.05, 0) is 96.5 Å². The number of allylic oxidation sites excluding steroid dienone is 14. The highest BCUT2D eigenvalue weighted by Crippen LogP contribution is 2.42. The quantitative estimate of drug-likeness (QED) is 0.0394. The molecule has 1 atom stereocenters. The van der Waals surface area contributed by atoms with E-state index in [9.17, 15) is 29.4 Å². The number of ether oxygens (including phenoxy) is 2. The number of carboxylic acids is 1. The molecule has 1 unspecified atom stereocenters. The fraction of sp³-hybridized carbons (Fsp3) is 0.467. The lowest BCUT2D eigenvalue weighted by atomic mass is 9.94. The summed E-state index contributed by atoms with van der Waals surface area (Å²) in [6.07, 6.45) is 36.3. The fourth-order valence-electron chi connectivity index (χ4n) is 5.88. The van der Waals surface area contributed by atoms with Gasteiger partial charge in [-0.25, -0.2) is 9.59 Å². The van der Waals surface area contributed by atoms with Gasteiger partial charge in [-0.15, -0.1) is 0 Å². The number of carbonyl (C=O) groups is 4. The molecule has 10 nitrogen and oxygen atoms in total. The minimum absolute atomic E-state index is 0.108. The molecule has 1 aliphatic rings. The molecule has 1 aromatic carbocycles. The maximum Gasteiger partial charge on any atom is 0.342 e. The Morgan fingerprint density at radius 2 is 1.42 bits per heavy atom. The summed E-state index contributed by atoms with van der Waals surface area (Å²) >= 11 is 0. The third kappa shape index (κ3) is 18.2. The number of cyclic esters (lactones) is 1. The molecule has 55 heavy (non-hydrogen) atoms. The summed E-state index contributed by atoms with van der Waals surface area (Å²) in [4.78, 5) is 48.6. The van der Waals surface area contributed by atoms with Gasteiger partial charge in [-0.1, -0.05) is 91.5 Å². The number of phenols is 1. The number of phenolic OH excluding ortho intramolecular Hbond substituents is 1. The lowest BCUT2D eigenvalue weighted by molar-refractivity contribution is -0.142. The SMILES string of the molecule is CC/C=C\C/C=C\C/C=C\C/C=C\C/C=C\C/C=C\CCC(=O)NC(CCCCNC(=O)CC/C(C)=C/Cc1c(O)c2c(c(C)c1OC)COC2=O)C(=O)O. The van der Waals surface area contributed by atoms with Crippen molar-refractivity contribution in [3.63, 3.8) is 0 Å². The molecular weight excluding hydrogens is 697 g/mol. The van der Waals surface area contributed by atoms with E-state index in [0.717, 1.165) is 49.7 Å². The van der Waals surface area contributed by atoms with Gasteiger partial charge in [0.1, 0.15) is 29.7 Å². The number of carboxylic acid groups (broad SMARTS) is 1. The highest BCUT2D eigenvalue weighted by molar-refractivity contribution is 5.98. The van der Waals surface area contributed by atoms with Crippen LogP contribution in [0.5, 0.6) is 11.5 Å². The van der Waals surface area contributed by atoms with E-state index in [1.807, 2.05) is 32.1 Å². The largest absolute Gasteiger partial charge is 0.507 e. The summed E-state index contributed by atoms with van der Waals surface area (Å²) < 4.78 is 10.6. The van der Waals surface area contributed by atoms with E-state index in [4.69, 9.17) is 9.47 Å². The molecule has 4 N–H and O–H groups in total. The van der Waals surface area contributed by atoms with Crippen LogP contribution in [-0.4, -0.2) is 53.7 Å². The lowest BCUT2D eigenvalue weighted by Gasteiger charge is -2.15. The molecular formula is C45H62N2O8. The van der Waals surface area contributed by atoms with Crippen LogP contribution < -0.4 is 15.4 Å². The number of benzene rings is 1. The Labute approximate surface area is 327 Å². The highest BCUT2D eigenvalue weighted by atomic mass is 16.5. The van der Waals surface area contributed by atoms with E-state index in [0.29, 0.717) is 55.5 Å². The fourth-order valence-corrected chi connectivity index (χ4v) is 5.88. The van der Waals surface area contributed by atoms with E-state index < -0.39 is 18.0 Å². The van der Waals surface area contributed by atoms with Crippen molar-refractivity contribution in [2.75, 3.05) is 13.7 Å². The summed E-state index contributed by atoms with van der Waals surface area (Å²) in [7, 11) is 1.52. The lowest BCUT2D eigenvalue weighted by Crippen LogP contribution is -2.40. The summed E-state index contributed by atoms with van der Waals surface area (Å²) in [6, 6.07) is -0.973. The van der Waals surface area contributed by atoms with Gasteiger partial charge in [-0.3, -0.25) is 9.59 Å². The van der Waals surface area contributed by atoms with Crippen LogP contribution in [0.2, 0.25) is 0 Å². The predicted octanol–water partition coefficient (Wildman–Crippen LogP) is 8.98. The van der Waals surface area contributed by atoms with Crippen LogP contribution in [0.1, 0.15) is 124 Å². The first-order valence-electron chi connectivity index (χ1n) is 19.5. The van der Waals surface area contributed by atoms with Gasteiger partial charge >= 0.3 is 11.9 Å². The number of nitrogens with one attached hydrogen (secondary N) is 2. The number of hydrogen-bond acceptors (Lipinski definition) is 7. The molecule has 1 heterocycles. The zero-order valence-electron chi connectivity index (χ0n) is 33.2. The molecule has 0 fully saturated rings. The Morgan fingerprint density at radius 1 is 0.836 bits per heavy atom. The molecule has 2 rings (SSSR count). The monoisotopic (exact) mass is 758 g/mol. The van der Waals surface area contributed by atoms with Crippen molar-refractivity contribution in [1.82, 2.24) is 10.6 Å². The number of esters is 1. The van der Waals surface area contributed by atoms with Crippen LogP contribution in [-0.2, 0) is 32.1 Å². The predicted molar refractivity (Wildman–Crippen MR) is 219 cm³/mol. The number of aliphatic carboxylic acids is 1. The van der Waals surface area contributed by atoms with E-state index in [1.54, 1.807) is 0 Å². The molecule has 0 aliphatic carbocycles. The first-order chi connectivity index (χ1) is 26.6. The Morgan fingerprint density at radius 3 is 1.98 bits per heavy atom. The molecule has 0 saturated heterocycles. The topological polar surface area (TPSA) is 151 Å². The van der Waals surface area contributed by atoms with Gasteiger partial charge in [0, 0.05) is 30.5 Å². The van der Waals surface area contributed by atoms with Crippen molar-refractivity contribution in [1.29, 1.82) is 0 Å². The van der Waals surface area contributed by atoms with Gasteiger partial charge in [-0.2, -0.15) is 0 Å². The molecule has 1 aliphatic heterocycles. The third-order valence-corrected chi connectivity index (χ3v) is 9.06. The maximum absolute atomic E-state index is 12.4. The van der Waals surface area contributed by atoms with E-state index in [2.05, 4.69) is 78.3 Å². The van der Waals surface area contributed by atoms with Gasteiger partial charge < -0.3 is 30.3 Å². The molecule has 10 heteroatoms. The number of amides is 2. The van der Waals surface area contributed by atoms with Crippen LogP contribution in [0.4, 0.5) is 0 Å². The maximum atomic E-state index is 12.4. The second-order valence-electron chi connectivity index (χ2n) is 13.4. The van der Waals surface area contributed by atoms with E-state index in [1.165, 1.54) is 7.11 Å². The molecule has 300 valence electrons. The summed E-state index contributed by atoms with van der Waals surface area (Å²) in [5.41, 5.74) is 3.03. The Kier molecular flexibility index (Phi) is 23.0. The number of carbonyl (C=O) groups excluding carboxylic acids is 3. The molecule has 2 amide bonds. The molecule has 0 saturated carbocycles. The number of unbranched alkanes of at least 4 members (excludes halogenated alkanes) is 1. The van der Waals surface area contributed by atoms with Gasteiger partial charge in [0.15, 0.2) is 0 Å². The molecule has 0 spiro atoms. The number of fused-ring (bicyclic) bond motifs is 1. The molecule has 1 aromatic rings. The first kappa shape index (κ1) is 46.0. The van der Waals surface area contributed by atoms with Crippen LogP contribution >= 0.6 is 0 Å². The van der Waals surface area contributed by atoms with Crippen molar-refractivity contribution in [3.8, 4) is 11.5 Å². The number of aromatic hydroxyl groups is 1. The van der Waals surface area contributed by atoms with Crippen LogP contribution in [0, 0.1) is 6.92 Å². The van der Waals surface area contributed by atoms with Crippen LogP contribution in [0.3, 0.4) is 0 Å². The van der Waals surface area contributed by atoms with Gasteiger partial charge in [0.25, 0.3) is 0 Å². The van der Waals surface area contributed by atoms with Crippen molar-refractivity contribution in [2.24, 2.45) is 0 Å². The third-order valence-electron chi connectivity index (χ3n) is 9.06. The second kappa shape index (κ2) is 27.5. The van der Waals surface area contributed by atoms with E-state index >= 15 is 0 Å². The highest BCUT2D eigenvalue weighted by Gasteiger charge is 2.31. The van der Waals surface area contributed by atoms with Crippen molar-refractivity contribution < 1.29 is 38.9 Å². The second-order valence-corrected chi connectivity index (χ2v) is 13.4. The molecule has 0 bridgehead atoms. The van der Waals surface area contributed by atoms with Crippen LogP contribution in [0.25, 0.3) is 0 Å². The summed E-state index contributed by atoms with van der Waals surface area (Å²) in [5.74, 6) is -1.66. The zero-order valence-corrected chi connectivity index (χ0v) is 33.2. The van der Waals surface area contributed by atoms with Crippen molar-refractivity contribution in [3.05, 3.63) is 107 Å². The van der Waals surface area contributed by atoms with Gasteiger partial charge in [0.05, 0.1) is 7.11 Å². The smallest absolute Gasteiger partial charge is 0.342 e. The number of hydrogen-bond donors (Lipinski definition) is 4. The van der Waals surface area contributed by atoms with E-state index in [-0.39, 0.29) is 49.0 Å². The average Bonchev–Trinajstić information content (AvgIpc) is 3.56. The number of methoxy groups -OCH3 is 1. The normalized spacial score (nSPS) is 13.9. The molecule has 0 aromatic heterocycles. The Balaban J connectivity index is 1.57. The molecule has 0 radical (unpaired) electrons. The summed E-state index contributed by atoms with van der Waals surface area (Å²) in [6.45, 7) is 6.38. The van der Waals surface area contributed by atoms with Crippen LogP contribution in [0.15, 0.2) is 84.6 Å². The average molecular weight is 759 g/mol. The van der Waals surface area contributed by atoms with Gasteiger partial charge in [0.2, 0.25) is 11.8 Å². The van der Waals surface area contributed by atoms with Crippen molar-refractivity contribution in [2.45, 2.75) is 123 Å². The standard InChI is InChI=1S/C45H62N2O8/c1-5-6-7-8-9-10-11-12-13-14-15-16-17-18-19-20-21-22-23-27-40(49)47-38(44(51)52)26-24-25-32-46-39(48)31-29-34(2)28-30-36-42(50)41-37(33-55-45(41)53)35(3)43(36)54-4/h6-7,9-10,12-13,15-16,18-19,21-22,28,38,50H,5,8,11,14,17,20,23-27,29-33H2,1-4H3,(H,46,48)(H,47,49)(H,51,52)/b7-6-,10-9-,13-12-,16-15-,19-18-,22-21-,34-28+.